The number of carbonyl (C=O) groups excluding carboxylic acids is 2. The van der Waals surface area contributed by atoms with Crippen LogP contribution in [0.25, 0.3) is 11.0 Å². The standard InChI is InChI=1S/C17H10BrClN4O3/c18-11-5-12(19)20-13-14(11)23(8-6-26-7-8)21-15(13)22-16(24)9-3-1-2-4-10(9)17(22)25/h1-5,8H,6-7H2. The number of benzene rings is 1. The number of aromatic nitrogens is 3. The molecule has 2 amide bonds. The summed E-state index contributed by atoms with van der Waals surface area (Å²) in [6.45, 7) is 1.01. The molecular formula is C17H10BrClN4O3. The first kappa shape index (κ1) is 15.9. The van der Waals surface area contributed by atoms with E-state index in [0.717, 1.165) is 4.90 Å². The highest BCUT2D eigenvalue weighted by Gasteiger charge is 2.40. The highest BCUT2D eigenvalue weighted by Crippen LogP contribution is 2.37. The third-order valence-electron chi connectivity index (χ3n) is 4.53. The van der Waals surface area contributed by atoms with E-state index in [4.69, 9.17) is 16.3 Å². The van der Waals surface area contributed by atoms with Crippen LogP contribution < -0.4 is 4.90 Å². The maximum Gasteiger partial charge on any atom is 0.267 e. The molecule has 0 N–H and O–H groups in total. The van der Waals surface area contributed by atoms with Crippen LogP contribution in [0.15, 0.2) is 34.8 Å². The first-order chi connectivity index (χ1) is 12.6. The van der Waals surface area contributed by atoms with Gasteiger partial charge in [-0.2, -0.15) is 5.10 Å². The largest absolute Gasteiger partial charge is 0.377 e. The van der Waals surface area contributed by atoms with E-state index < -0.39 is 11.8 Å². The molecule has 0 saturated carbocycles. The third kappa shape index (κ3) is 2.09. The van der Waals surface area contributed by atoms with Gasteiger partial charge in [0.1, 0.15) is 16.2 Å². The number of halogens is 2. The molecule has 0 bridgehead atoms. The fourth-order valence-electron chi connectivity index (χ4n) is 3.21. The van der Waals surface area contributed by atoms with Crippen molar-refractivity contribution in [3.05, 3.63) is 51.1 Å². The van der Waals surface area contributed by atoms with Gasteiger partial charge in [-0.05, 0) is 34.1 Å². The monoisotopic (exact) mass is 432 g/mol. The summed E-state index contributed by atoms with van der Waals surface area (Å²) in [5, 5.41) is 4.79. The lowest BCUT2D eigenvalue weighted by Crippen LogP contribution is -2.33. The van der Waals surface area contributed by atoms with Gasteiger partial charge >= 0.3 is 0 Å². The molecule has 2 aliphatic heterocycles. The maximum atomic E-state index is 12.8. The van der Waals surface area contributed by atoms with Gasteiger partial charge in [-0.25, -0.2) is 9.88 Å². The van der Waals surface area contributed by atoms with Crippen molar-refractivity contribution in [2.24, 2.45) is 0 Å². The number of nitrogens with zero attached hydrogens (tertiary/aromatic N) is 4. The van der Waals surface area contributed by atoms with Crippen molar-refractivity contribution < 1.29 is 14.3 Å². The number of pyridine rings is 1. The Morgan fingerprint density at radius 3 is 2.38 bits per heavy atom. The number of ether oxygens (including phenoxy) is 1. The van der Waals surface area contributed by atoms with Gasteiger partial charge < -0.3 is 4.74 Å². The first-order valence-electron chi connectivity index (χ1n) is 7.86. The second-order valence-electron chi connectivity index (χ2n) is 6.07. The number of rotatable bonds is 2. The van der Waals surface area contributed by atoms with Crippen molar-refractivity contribution in [3.63, 3.8) is 0 Å². The number of hydrogen-bond donors (Lipinski definition) is 0. The van der Waals surface area contributed by atoms with Crippen LogP contribution >= 0.6 is 27.5 Å². The van der Waals surface area contributed by atoms with E-state index in [2.05, 4.69) is 26.0 Å². The first-order valence-corrected chi connectivity index (χ1v) is 9.03. The number of hydrogen-bond acceptors (Lipinski definition) is 5. The predicted octanol–water partition coefficient (Wildman–Crippen LogP) is 3.22. The molecule has 4 heterocycles. The Kier molecular flexibility index (Phi) is 3.43. The van der Waals surface area contributed by atoms with Crippen molar-refractivity contribution in [2.45, 2.75) is 6.04 Å². The number of amides is 2. The molecule has 130 valence electrons. The van der Waals surface area contributed by atoms with Gasteiger partial charge in [0.05, 0.1) is 30.4 Å². The summed E-state index contributed by atoms with van der Waals surface area (Å²) in [4.78, 5) is 31.1. The second kappa shape index (κ2) is 5.60. The Labute approximate surface area is 160 Å². The lowest BCUT2D eigenvalue weighted by atomic mass is 10.1. The zero-order valence-corrected chi connectivity index (χ0v) is 15.5. The van der Waals surface area contributed by atoms with Gasteiger partial charge in [-0.3, -0.25) is 14.3 Å². The topological polar surface area (TPSA) is 77.3 Å². The van der Waals surface area contributed by atoms with Crippen LogP contribution in [0.5, 0.6) is 0 Å². The molecule has 2 aliphatic rings. The van der Waals surface area contributed by atoms with E-state index in [1.54, 1.807) is 35.0 Å². The van der Waals surface area contributed by atoms with E-state index in [-0.39, 0.29) is 17.0 Å². The molecule has 9 heteroatoms. The SMILES string of the molecule is O=C1c2ccccc2C(=O)N1c1nn(C2COC2)c2c(Br)cc(Cl)nc12. The van der Waals surface area contributed by atoms with E-state index >= 15 is 0 Å². The average molecular weight is 434 g/mol. The Balaban J connectivity index is 1.75. The van der Waals surface area contributed by atoms with E-state index in [0.29, 0.717) is 39.8 Å². The van der Waals surface area contributed by atoms with Crippen molar-refractivity contribution in [2.75, 3.05) is 18.1 Å². The summed E-state index contributed by atoms with van der Waals surface area (Å²) >= 11 is 9.60. The van der Waals surface area contributed by atoms with Crippen LogP contribution in [0.4, 0.5) is 5.82 Å². The van der Waals surface area contributed by atoms with Crippen molar-refractivity contribution >= 4 is 56.2 Å². The van der Waals surface area contributed by atoms with Crippen LogP contribution in [0.2, 0.25) is 5.15 Å². The van der Waals surface area contributed by atoms with Gasteiger partial charge in [0.15, 0.2) is 5.82 Å². The molecule has 7 nitrogen and oxygen atoms in total. The molecule has 1 fully saturated rings. The quantitative estimate of drug-likeness (QED) is 0.458. The Morgan fingerprint density at radius 2 is 1.81 bits per heavy atom. The minimum Gasteiger partial charge on any atom is -0.377 e. The normalized spacial score (nSPS) is 17.1. The Hall–Kier alpha value is -2.29. The third-order valence-corrected chi connectivity index (χ3v) is 5.33. The van der Waals surface area contributed by atoms with Crippen LogP contribution in [0.3, 0.4) is 0 Å². The molecule has 0 spiro atoms. The molecule has 1 aromatic carbocycles. The molecule has 26 heavy (non-hydrogen) atoms. The fraction of sp³-hybridized carbons (Fsp3) is 0.176. The summed E-state index contributed by atoms with van der Waals surface area (Å²) in [6, 6.07) is 8.38. The van der Waals surface area contributed by atoms with E-state index in [9.17, 15) is 9.59 Å². The number of fused-ring (bicyclic) bond motifs is 2. The van der Waals surface area contributed by atoms with Crippen LogP contribution in [0.1, 0.15) is 26.8 Å². The lowest BCUT2D eigenvalue weighted by molar-refractivity contribution is -0.0266. The van der Waals surface area contributed by atoms with Crippen LogP contribution in [-0.2, 0) is 4.74 Å². The summed E-state index contributed by atoms with van der Waals surface area (Å²) in [7, 11) is 0. The molecule has 0 atom stereocenters. The Bertz CT molecular complexity index is 1070. The number of imide groups is 1. The summed E-state index contributed by atoms with van der Waals surface area (Å²) in [6.07, 6.45) is 0. The zero-order valence-electron chi connectivity index (χ0n) is 13.1. The van der Waals surface area contributed by atoms with Crippen LogP contribution in [0, 0.1) is 0 Å². The molecule has 5 rings (SSSR count). The van der Waals surface area contributed by atoms with Gasteiger partial charge in [-0.1, -0.05) is 23.7 Å². The van der Waals surface area contributed by atoms with Gasteiger partial charge in [0.2, 0.25) is 0 Å². The van der Waals surface area contributed by atoms with E-state index in [1.807, 2.05) is 0 Å². The smallest absolute Gasteiger partial charge is 0.267 e. The molecule has 1 saturated heterocycles. The predicted molar refractivity (Wildman–Crippen MR) is 97.7 cm³/mol. The molecular weight excluding hydrogens is 424 g/mol. The summed E-state index contributed by atoms with van der Waals surface area (Å²) < 4.78 is 7.69. The van der Waals surface area contributed by atoms with Crippen molar-refractivity contribution in [3.8, 4) is 0 Å². The summed E-state index contributed by atoms with van der Waals surface area (Å²) in [5.41, 5.74) is 1.78. The van der Waals surface area contributed by atoms with Crippen molar-refractivity contribution in [1.29, 1.82) is 0 Å². The van der Waals surface area contributed by atoms with E-state index in [1.165, 1.54) is 0 Å². The minimum atomic E-state index is -0.417. The van der Waals surface area contributed by atoms with Gasteiger partial charge in [0, 0.05) is 4.47 Å². The number of anilines is 1. The highest BCUT2D eigenvalue weighted by molar-refractivity contribution is 9.10. The molecule has 0 radical (unpaired) electrons. The lowest BCUT2D eigenvalue weighted by Gasteiger charge is -2.26. The molecule has 3 aromatic rings. The second-order valence-corrected chi connectivity index (χ2v) is 7.32. The molecule has 2 aromatic heterocycles. The number of carbonyl (C=O) groups is 2. The van der Waals surface area contributed by atoms with Crippen molar-refractivity contribution in [1.82, 2.24) is 14.8 Å². The minimum absolute atomic E-state index is 0.0145. The maximum absolute atomic E-state index is 12.8. The Morgan fingerprint density at radius 1 is 1.15 bits per heavy atom. The molecule has 0 aliphatic carbocycles. The fourth-order valence-corrected chi connectivity index (χ4v) is 4.12. The molecule has 0 unspecified atom stereocenters. The highest BCUT2D eigenvalue weighted by atomic mass is 79.9. The average Bonchev–Trinajstić information content (AvgIpc) is 3.03. The van der Waals surface area contributed by atoms with Gasteiger partial charge in [0.25, 0.3) is 11.8 Å². The van der Waals surface area contributed by atoms with Gasteiger partial charge in [-0.15, -0.1) is 0 Å². The van der Waals surface area contributed by atoms with Crippen LogP contribution in [-0.4, -0.2) is 39.8 Å². The summed E-state index contributed by atoms with van der Waals surface area (Å²) in [5.74, 6) is -0.652. The zero-order chi connectivity index (χ0) is 18.0.